The second kappa shape index (κ2) is 6.61. The molecule has 0 radical (unpaired) electrons. The minimum Gasteiger partial charge on any atom is -0.399 e. The quantitative estimate of drug-likeness (QED) is 0.665. The molecule has 0 saturated heterocycles. The number of nitrogens with zero attached hydrogens (tertiary/aromatic N) is 1. The lowest BCUT2D eigenvalue weighted by atomic mass is 10.2. The van der Waals surface area contributed by atoms with Crippen molar-refractivity contribution >= 4 is 23.0 Å². The van der Waals surface area contributed by atoms with E-state index < -0.39 is 0 Å². The molecule has 2 rings (SSSR count). The van der Waals surface area contributed by atoms with E-state index in [1.807, 2.05) is 49.4 Å². The Kier molecular flexibility index (Phi) is 4.60. The van der Waals surface area contributed by atoms with E-state index in [0.717, 1.165) is 17.8 Å². The number of benzene rings is 2. The van der Waals surface area contributed by atoms with Gasteiger partial charge in [-0.05, 0) is 42.8 Å². The zero-order chi connectivity index (χ0) is 14.4. The molecule has 4 nitrogen and oxygen atoms in total. The van der Waals surface area contributed by atoms with E-state index in [-0.39, 0.29) is 5.97 Å². The minimum atomic E-state index is -0.256. The Bertz CT molecular complexity index is 552. The van der Waals surface area contributed by atoms with Gasteiger partial charge >= 0.3 is 5.97 Å². The lowest BCUT2D eigenvalue weighted by Gasteiger charge is -2.23. The van der Waals surface area contributed by atoms with Crippen molar-refractivity contribution in [2.24, 2.45) is 0 Å². The first-order chi connectivity index (χ1) is 9.70. The van der Waals surface area contributed by atoms with Gasteiger partial charge in [0.2, 0.25) is 0 Å². The number of para-hydroxylation sites is 1. The molecular weight excluding hydrogens is 252 g/mol. The first-order valence-electron chi connectivity index (χ1n) is 6.62. The SMILES string of the molecule is CCCC(=O)ON(c1ccccc1)c1ccc(N)cc1. The fourth-order valence-electron chi connectivity index (χ4n) is 1.78. The van der Waals surface area contributed by atoms with Crippen molar-refractivity contribution in [1.29, 1.82) is 0 Å². The lowest BCUT2D eigenvalue weighted by molar-refractivity contribution is -0.143. The van der Waals surface area contributed by atoms with E-state index in [1.54, 1.807) is 12.1 Å². The van der Waals surface area contributed by atoms with Crippen LogP contribution >= 0.6 is 0 Å². The third kappa shape index (κ3) is 3.51. The molecule has 0 saturated carbocycles. The topological polar surface area (TPSA) is 55.6 Å². The Morgan fingerprint density at radius 1 is 1.05 bits per heavy atom. The highest BCUT2D eigenvalue weighted by Gasteiger charge is 2.14. The van der Waals surface area contributed by atoms with E-state index in [0.29, 0.717) is 12.1 Å². The van der Waals surface area contributed by atoms with Crippen LogP contribution < -0.4 is 10.8 Å². The van der Waals surface area contributed by atoms with E-state index in [1.165, 1.54) is 5.06 Å². The molecule has 104 valence electrons. The van der Waals surface area contributed by atoms with Crippen molar-refractivity contribution < 1.29 is 9.63 Å². The fraction of sp³-hybridized carbons (Fsp3) is 0.188. The monoisotopic (exact) mass is 270 g/mol. The number of carbonyl (C=O) groups is 1. The van der Waals surface area contributed by atoms with Crippen LogP contribution in [0.25, 0.3) is 0 Å². The third-order valence-corrected chi connectivity index (χ3v) is 2.77. The fourth-order valence-corrected chi connectivity index (χ4v) is 1.78. The molecule has 4 heteroatoms. The van der Waals surface area contributed by atoms with Gasteiger partial charge in [-0.25, -0.2) is 4.79 Å². The molecule has 2 aromatic carbocycles. The average Bonchev–Trinajstić information content (AvgIpc) is 2.47. The molecule has 0 aliphatic rings. The van der Waals surface area contributed by atoms with Crippen LogP contribution in [0.15, 0.2) is 54.6 Å². The summed E-state index contributed by atoms with van der Waals surface area (Å²) in [4.78, 5) is 17.2. The van der Waals surface area contributed by atoms with Crippen molar-refractivity contribution in [2.45, 2.75) is 19.8 Å². The van der Waals surface area contributed by atoms with E-state index in [4.69, 9.17) is 10.6 Å². The molecule has 0 spiro atoms. The number of rotatable bonds is 5. The highest BCUT2D eigenvalue weighted by atomic mass is 16.7. The van der Waals surface area contributed by atoms with Crippen LogP contribution in [0.4, 0.5) is 17.1 Å². The molecular formula is C16H18N2O2. The summed E-state index contributed by atoms with van der Waals surface area (Å²) < 4.78 is 0. The minimum absolute atomic E-state index is 0.256. The number of carbonyl (C=O) groups excluding carboxylic acids is 1. The van der Waals surface area contributed by atoms with Gasteiger partial charge < -0.3 is 10.6 Å². The van der Waals surface area contributed by atoms with Gasteiger partial charge in [-0.3, -0.25) is 0 Å². The maximum Gasteiger partial charge on any atom is 0.332 e. The van der Waals surface area contributed by atoms with Crippen LogP contribution in [-0.2, 0) is 9.63 Å². The zero-order valence-corrected chi connectivity index (χ0v) is 11.5. The highest BCUT2D eigenvalue weighted by molar-refractivity contribution is 5.74. The summed E-state index contributed by atoms with van der Waals surface area (Å²) in [5.41, 5.74) is 7.91. The molecule has 0 unspecified atom stereocenters. The summed E-state index contributed by atoms with van der Waals surface area (Å²) in [5, 5.41) is 1.53. The van der Waals surface area contributed by atoms with E-state index in [2.05, 4.69) is 0 Å². The van der Waals surface area contributed by atoms with Gasteiger partial charge in [0.1, 0.15) is 0 Å². The van der Waals surface area contributed by atoms with E-state index >= 15 is 0 Å². The maximum atomic E-state index is 11.8. The molecule has 0 atom stereocenters. The molecule has 2 aromatic rings. The Morgan fingerprint density at radius 2 is 1.65 bits per heavy atom. The average molecular weight is 270 g/mol. The van der Waals surface area contributed by atoms with Crippen molar-refractivity contribution in [3.05, 3.63) is 54.6 Å². The van der Waals surface area contributed by atoms with Crippen LogP contribution in [0.1, 0.15) is 19.8 Å². The van der Waals surface area contributed by atoms with Crippen molar-refractivity contribution in [3.8, 4) is 0 Å². The standard InChI is InChI=1S/C16H18N2O2/c1-2-6-16(19)20-18(14-7-4-3-5-8-14)15-11-9-13(17)10-12-15/h3-5,7-12H,2,6,17H2,1H3. The predicted molar refractivity (Wildman–Crippen MR) is 80.4 cm³/mol. The Morgan fingerprint density at radius 3 is 2.25 bits per heavy atom. The largest absolute Gasteiger partial charge is 0.399 e. The Balaban J connectivity index is 2.29. The lowest BCUT2D eigenvalue weighted by Crippen LogP contribution is -2.22. The third-order valence-electron chi connectivity index (χ3n) is 2.77. The molecule has 0 amide bonds. The number of nitrogens with two attached hydrogens (primary N) is 1. The maximum absolute atomic E-state index is 11.8. The number of nitrogen functional groups attached to an aromatic ring is 1. The summed E-state index contributed by atoms with van der Waals surface area (Å²) in [6.45, 7) is 1.94. The Hall–Kier alpha value is -2.49. The van der Waals surface area contributed by atoms with Crippen LogP contribution in [-0.4, -0.2) is 5.97 Å². The molecule has 0 aromatic heterocycles. The highest BCUT2D eigenvalue weighted by Crippen LogP contribution is 2.26. The first kappa shape index (κ1) is 13.9. The second-order valence-corrected chi connectivity index (χ2v) is 4.43. The number of anilines is 3. The summed E-state index contributed by atoms with van der Waals surface area (Å²) in [5.74, 6) is -0.256. The first-order valence-corrected chi connectivity index (χ1v) is 6.62. The molecule has 20 heavy (non-hydrogen) atoms. The summed E-state index contributed by atoms with van der Waals surface area (Å²) >= 11 is 0. The molecule has 0 aliphatic carbocycles. The van der Waals surface area contributed by atoms with Crippen molar-refractivity contribution in [3.63, 3.8) is 0 Å². The number of hydrogen-bond donors (Lipinski definition) is 1. The summed E-state index contributed by atoms with van der Waals surface area (Å²) in [7, 11) is 0. The van der Waals surface area contributed by atoms with Gasteiger partial charge in [0.15, 0.2) is 0 Å². The molecule has 0 heterocycles. The molecule has 0 fully saturated rings. The predicted octanol–water partition coefficient (Wildman–Crippen LogP) is 3.67. The summed E-state index contributed by atoms with van der Waals surface area (Å²) in [6, 6.07) is 16.7. The molecule has 0 aliphatic heterocycles. The van der Waals surface area contributed by atoms with Crippen LogP contribution in [0.2, 0.25) is 0 Å². The van der Waals surface area contributed by atoms with Crippen molar-refractivity contribution in [1.82, 2.24) is 0 Å². The van der Waals surface area contributed by atoms with Crippen molar-refractivity contribution in [2.75, 3.05) is 10.8 Å². The van der Waals surface area contributed by atoms with Crippen LogP contribution in [0.3, 0.4) is 0 Å². The molecule has 2 N–H and O–H groups in total. The second-order valence-electron chi connectivity index (χ2n) is 4.43. The van der Waals surface area contributed by atoms with Gasteiger partial charge in [-0.2, -0.15) is 5.06 Å². The van der Waals surface area contributed by atoms with Gasteiger partial charge in [0.25, 0.3) is 0 Å². The van der Waals surface area contributed by atoms with Crippen LogP contribution in [0.5, 0.6) is 0 Å². The smallest absolute Gasteiger partial charge is 0.332 e. The van der Waals surface area contributed by atoms with Gasteiger partial charge in [-0.15, -0.1) is 0 Å². The van der Waals surface area contributed by atoms with Crippen LogP contribution in [0, 0.1) is 0 Å². The Labute approximate surface area is 118 Å². The van der Waals surface area contributed by atoms with Gasteiger partial charge in [-0.1, -0.05) is 25.1 Å². The zero-order valence-electron chi connectivity index (χ0n) is 11.5. The summed E-state index contributed by atoms with van der Waals surface area (Å²) in [6.07, 6.45) is 1.14. The normalized spacial score (nSPS) is 10.1. The van der Waals surface area contributed by atoms with Gasteiger partial charge in [0.05, 0.1) is 11.4 Å². The van der Waals surface area contributed by atoms with Gasteiger partial charge in [0, 0.05) is 12.1 Å². The molecule has 0 bridgehead atoms. The van der Waals surface area contributed by atoms with E-state index in [9.17, 15) is 4.79 Å². The number of hydrogen-bond acceptors (Lipinski definition) is 4.